The van der Waals surface area contributed by atoms with E-state index in [1.54, 1.807) is 54.1 Å². The van der Waals surface area contributed by atoms with Crippen LogP contribution in [0.5, 0.6) is 0 Å². The number of carbonyl (C=O) groups is 2. The molecular formula is C22H22Cl3N5O2S. The number of nitrogens with one attached hydrogen (secondary N) is 2. The first kappa shape index (κ1) is 25.4. The number of nitrogens with zero attached hydrogens (tertiary/aromatic N) is 3. The maximum atomic E-state index is 12.7. The van der Waals surface area contributed by atoms with Crippen LogP contribution in [-0.4, -0.2) is 32.3 Å². The highest BCUT2D eigenvalue weighted by Gasteiger charge is 2.25. The van der Waals surface area contributed by atoms with Crippen LogP contribution < -0.4 is 10.6 Å². The van der Waals surface area contributed by atoms with Crippen LogP contribution in [0.3, 0.4) is 0 Å². The van der Waals surface area contributed by atoms with Crippen molar-refractivity contribution in [3.63, 3.8) is 0 Å². The van der Waals surface area contributed by atoms with Gasteiger partial charge in [-0.3, -0.25) is 9.59 Å². The highest BCUT2D eigenvalue weighted by Crippen LogP contribution is 2.26. The van der Waals surface area contributed by atoms with Crippen molar-refractivity contribution in [2.75, 3.05) is 11.1 Å². The molecule has 174 valence electrons. The van der Waals surface area contributed by atoms with Crippen molar-refractivity contribution in [1.29, 1.82) is 0 Å². The van der Waals surface area contributed by atoms with Gasteiger partial charge >= 0.3 is 0 Å². The van der Waals surface area contributed by atoms with Gasteiger partial charge in [-0.25, -0.2) is 0 Å². The van der Waals surface area contributed by atoms with Gasteiger partial charge in [0, 0.05) is 33.4 Å². The van der Waals surface area contributed by atoms with Gasteiger partial charge in [0.1, 0.15) is 0 Å². The Balaban J connectivity index is 1.66. The van der Waals surface area contributed by atoms with Crippen molar-refractivity contribution in [3.8, 4) is 0 Å². The van der Waals surface area contributed by atoms with Gasteiger partial charge in [0.2, 0.25) is 5.91 Å². The van der Waals surface area contributed by atoms with Crippen molar-refractivity contribution in [1.82, 2.24) is 20.1 Å². The first-order valence-electron chi connectivity index (χ1n) is 9.98. The van der Waals surface area contributed by atoms with Crippen LogP contribution in [0.2, 0.25) is 15.1 Å². The largest absolute Gasteiger partial charge is 0.342 e. The van der Waals surface area contributed by atoms with Crippen LogP contribution in [0.4, 0.5) is 5.69 Å². The molecule has 0 radical (unpaired) electrons. The van der Waals surface area contributed by atoms with Gasteiger partial charge in [-0.2, -0.15) is 0 Å². The van der Waals surface area contributed by atoms with E-state index in [1.165, 1.54) is 11.8 Å². The standard InChI is InChI=1S/C22H22Cl3N5O2S/c1-12(2)19(27-21(32)13-4-6-14(23)7-5-13)20-28-29-22(30(20)3)33-11-18(31)26-17-9-15(24)8-16(25)10-17/h4-10,12,19H,11H2,1-3H3,(H,26,31)(H,27,32)/t19-/m1/s1. The second kappa shape index (κ2) is 11.2. The summed E-state index contributed by atoms with van der Waals surface area (Å²) in [5, 5.41) is 16.2. The predicted octanol–water partition coefficient (Wildman–Crippen LogP) is 5.63. The highest BCUT2D eigenvalue weighted by molar-refractivity contribution is 7.99. The zero-order valence-corrected chi connectivity index (χ0v) is 21.2. The molecule has 11 heteroatoms. The number of anilines is 1. The molecular weight excluding hydrogens is 505 g/mol. The summed E-state index contributed by atoms with van der Waals surface area (Å²) < 4.78 is 1.78. The van der Waals surface area contributed by atoms with Crippen molar-refractivity contribution in [2.24, 2.45) is 13.0 Å². The SMILES string of the molecule is CC(C)[C@@H](NC(=O)c1ccc(Cl)cc1)c1nnc(SCC(=O)Nc2cc(Cl)cc(Cl)c2)n1C. The number of hydrogen-bond donors (Lipinski definition) is 2. The van der Waals surface area contributed by atoms with Crippen molar-refractivity contribution in [3.05, 3.63) is 68.9 Å². The van der Waals surface area contributed by atoms with Crippen LogP contribution in [0.1, 0.15) is 36.1 Å². The van der Waals surface area contributed by atoms with Crippen molar-refractivity contribution < 1.29 is 9.59 Å². The molecule has 3 rings (SSSR count). The van der Waals surface area contributed by atoms with Crippen LogP contribution in [0.15, 0.2) is 47.6 Å². The maximum absolute atomic E-state index is 12.7. The summed E-state index contributed by atoms with van der Waals surface area (Å²) in [4.78, 5) is 25.1. The van der Waals surface area contributed by atoms with Gasteiger partial charge in [-0.05, 0) is 48.4 Å². The zero-order chi connectivity index (χ0) is 24.1. The van der Waals surface area contributed by atoms with E-state index in [4.69, 9.17) is 34.8 Å². The molecule has 2 N–H and O–H groups in total. The number of carbonyl (C=O) groups excluding carboxylic acids is 2. The van der Waals surface area contributed by atoms with E-state index in [0.29, 0.717) is 37.3 Å². The van der Waals surface area contributed by atoms with Gasteiger partial charge in [0.05, 0.1) is 11.8 Å². The normalized spacial score (nSPS) is 12.0. The average Bonchev–Trinajstić information content (AvgIpc) is 3.10. The number of aromatic nitrogens is 3. The Hall–Kier alpha value is -2.26. The van der Waals surface area contributed by atoms with E-state index in [9.17, 15) is 9.59 Å². The van der Waals surface area contributed by atoms with Gasteiger partial charge in [0.15, 0.2) is 11.0 Å². The lowest BCUT2D eigenvalue weighted by atomic mass is 10.0. The second-order valence-electron chi connectivity index (χ2n) is 7.60. The van der Waals surface area contributed by atoms with E-state index in [2.05, 4.69) is 20.8 Å². The van der Waals surface area contributed by atoms with Crippen LogP contribution in [0, 0.1) is 5.92 Å². The molecule has 0 fully saturated rings. The third kappa shape index (κ3) is 6.86. The van der Waals surface area contributed by atoms with E-state index >= 15 is 0 Å². The molecule has 33 heavy (non-hydrogen) atoms. The van der Waals surface area contributed by atoms with Crippen LogP contribution in [0.25, 0.3) is 0 Å². The Kier molecular flexibility index (Phi) is 8.64. The first-order valence-corrected chi connectivity index (χ1v) is 12.1. The Labute approximate surface area is 211 Å². The Morgan fingerprint density at radius 1 is 1.00 bits per heavy atom. The molecule has 2 aromatic carbocycles. The minimum absolute atomic E-state index is 0.0536. The number of rotatable bonds is 8. The fourth-order valence-electron chi connectivity index (χ4n) is 3.03. The molecule has 0 bridgehead atoms. The van der Waals surface area contributed by atoms with Gasteiger partial charge < -0.3 is 15.2 Å². The second-order valence-corrected chi connectivity index (χ2v) is 9.85. The summed E-state index contributed by atoms with van der Waals surface area (Å²) in [6, 6.07) is 11.1. The minimum atomic E-state index is -0.373. The molecule has 3 aromatic rings. The molecule has 1 heterocycles. The van der Waals surface area contributed by atoms with Crippen molar-refractivity contribution >= 4 is 64.1 Å². The molecule has 7 nitrogen and oxygen atoms in total. The van der Waals surface area contributed by atoms with Crippen LogP contribution in [-0.2, 0) is 11.8 Å². The van der Waals surface area contributed by atoms with E-state index < -0.39 is 0 Å². The fraction of sp³-hybridized carbons (Fsp3) is 0.273. The number of hydrogen-bond acceptors (Lipinski definition) is 5. The summed E-state index contributed by atoms with van der Waals surface area (Å²) in [7, 11) is 1.80. The minimum Gasteiger partial charge on any atom is -0.342 e. The Bertz CT molecular complexity index is 1130. The van der Waals surface area contributed by atoms with E-state index in [-0.39, 0.29) is 29.5 Å². The Morgan fingerprint density at radius 3 is 2.24 bits per heavy atom. The van der Waals surface area contributed by atoms with E-state index in [1.807, 2.05) is 13.8 Å². The third-order valence-electron chi connectivity index (χ3n) is 4.69. The molecule has 0 aliphatic heterocycles. The lowest BCUT2D eigenvalue weighted by molar-refractivity contribution is -0.113. The predicted molar refractivity (Wildman–Crippen MR) is 133 cm³/mol. The fourth-order valence-corrected chi connectivity index (χ4v) is 4.40. The summed E-state index contributed by atoms with van der Waals surface area (Å²) in [6.07, 6.45) is 0. The summed E-state index contributed by atoms with van der Waals surface area (Å²) >= 11 is 19.1. The highest BCUT2D eigenvalue weighted by atomic mass is 35.5. The quantitative estimate of drug-likeness (QED) is 0.371. The van der Waals surface area contributed by atoms with Gasteiger partial charge in [-0.15, -0.1) is 10.2 Å². The van der Waals surface area contributed by atoms with Gasteiger partial charge in [-0.1, -0.05) is 60.4 Å². The number of halogens is 3. The topological polar surface area (TPSA) is 88.9 Å². The molecule has 0 spiro atoms. The van der Waals surface area contributed by atoms with Crippen LogP contribution >= 0.6 is 46.6 Å². The molecule has 0 aliphatic carbocycles. The van der Waals surface area contributed by atoms with Gasteiger partial charge in [0.25, 0.3) is 5.91 Å². The molecule has 0 saturated heterocycles. The van der Waals surface area contributed by atoms with E-state index in [0.717, 1.165) is 0 Å². The molecule has 0 unspecified atom stereocenters. The summed E-state index contributed by atoms with van der Waals surface area (Å²) in [5.74, 6) is 0.288. The third-order valence-corrected chi connectivity index (χ3v) is 6.39. The molecule has 1 atom stereocenters. The lowest BCUT2D eigenvalue weighted by Gasteiger charge is -2.21. The molecule has 0 saturated carbocycles. The summed E-state index contributed by atoms with van der Waals surface area (Å²) in [6.45, 7) is 3.97. The average molecular weight is 527 g/mol. The first-order chi connectivity index (χ1) is 15.6. The molecule has 1 aromatic heterocycles. The lowest BCUT2D eigenvalue weighted by Crippen LogP contribution is -2.33. The Morgan fingerprint density at radius 2 is 1.64 bits per heavy atom. The molecule has 2 amide bonds. The smallest absolute Gasteiger partial charge is 0.251 e. The number of benzene rings is 2. The summed E-state index contributed by atoms with van der Waals surface area (Å²) in [5.41, 5.74) is 1.01. The monoisotopic (exact) mass is 525 g/mol. The number of thioether (sulfide) groups is 1. The zero-order valence-electron chi connectivity index (χ0n) is 18.1. The maximum Gasteiger partial charge on any atom is 0.251 e. The molecule has 0 aliphatic rings. The number of amides is 2. The van der Waals surface area contributed by atoms with Crippen molar-refractivity contribution in [2.45, 2.75) is 25.0 Å².